The third kappa shape index (κ3) is 2.21. The third-order valence-corrected chi connectivity index (χ3v) is 4.60. The van der Waals surface area contributed by atoms with Crippen LogP contribution in [-0.2, 0) is 0 Å². The van der Waals surface area contributed by atoms with E-state index in [0.29, 0.717) is 22.2 Å². The number of aromatic carboxylic acids is 1. The first kappa shape index (κ1) is 16.0. The highest BCUT2D eigenvalue weighted by molar-refractivity contribution is 5.97. The topological polar surface area (TPSA) is 81.2 Å². The first-order valence-corrected chi connectivity index (χ1v) is 7.89. The van der Waals surface area contributed by atoms with Crippen LogP contribution in [0.1, 0.15) is 21.5 Å². The lowest BCUT2D eigenvalue weighted by Gasteiger charge is -2.18. The molecular formula is C19H14FN3O3. The van der Waals surface area contributed by atoms with Crippen molar-refractivity contribution in [1.29, 1.82) is 0 Å². The van der Waals surface area contributed by atoms with E-state index in [4.69, 9.17) is 4.52 Å². The lowest BCUT2D eigenvalue weighted by molar-refractivity contribution is 0.0695. The van der Waals surface area contributed by atoms with Crippen molar-refractivity contribution in [2.75, 3.05) is 0 Å². The predicted molar refractivity (Wildman–Crippen MR) is 93.0 cm³/mol. The maximum absolute atomic E-state index is 15.6. The molecule has 2 aromatic heterocycles. The quantitative estimate of drug-likeness (QED) is 0.600. The molecule has 4 rings (SSSR count). The lowest BCUT2D eigenvalue weighted by atomic mass is 9.92. The zero-order valence-electron chi connectivity index (χ0n) is 14.0. The Morgan fingerprint density at radius 3 is 2.65 bits per heavy atom. The standard InChI is InChI=1S/C19H14FN3O3/c1-10-11(2)16(19(24)25)18(17(20)15(10)13-8-22-26-9-13)23-14-6-4-3-5-12(14)7-21-23/h3-9H,1-2H3,(H,24,25). The summed E-state index contributed by atoms with van der Waals surface area (Å²) in [6.07, 6.45) is 4.31. The first-order chi connectivity index (χ1) is 12.5. The molecule has 6 nitrogen and oxygen atoms in total. The number of rotatable bonds is 3. The Kier molecular flexibility index (Phi) is 3.57. The van der Waals surface area contributed by atoms with Crippen LogP contribution in [0.5, 0.6) is 0 Å². The molecule has 0 saturated carbocycles. The second kappa shape index (κ2) is 5.80. The molecule has 0 aliphatic heterocycles. The fourth-order valence-electron chi connectivity index (χ4n) is 3.23. The predicted octanol–water partition coefficient (Wildman–Crippen LogP) is 4.13. The van der Waals surface area contributed by atoms with Crippen molar-refractivity contribution in [3.05, 3.63) is 65.4 Å². The molecule has 4 aromatic rings. The van der Waals surface area contributed by atoms with Crippen molar-refractivity contribution in [2.24, 2.45) is 0 Å². The Balaban J connectivity index is 2.16. The van der Waals surface area contributed by atoms with Gasteiger partial charge in [-0.1, -0.05) is 23.4 Å². The molecule has 2 aromatic carbocycles. The van der Waals surface area contributed by atoms with E-state index >= 15 is 4.39 Å². The van der Waals surface area contributed by atoms with Crippen LogP contribution in [0.4, 0.5) is 4.39 Å². The molecule has 0 atom stereocenters. The monoisotopic (exact) mass is 351 g/mol. The van der Waals surface area contributed by atoms with Gasteiger partial charge in [-0.2, -0.15) is 5.10 Å². The summed E-state index contributed by atoms with van der Waals surface area (Å²) in [4.78, 5) is 11.9. The SMILES string of the molecule is Cc1c(C)c(-c2cnoc2)c(F)c(-n2ncc3ccccc32)c1C(=O)O. The average Bonchev–Trinajstić information content (AvgIpc) is 3.27. The highest BCUT2D eigenvalue weighted by Crippen LogP contribution is 2.36. The summed E-state index contributed by atoms with van der Waals surface area (Å²) < 4.78 is 21.8. The second-order valence-corrected chi connectivity index (χ2v) is 6.00. The van der Waals surface area contributed by atoms with E-state index in [9.17, 15) is 9.90 Å². The number of benzene rings is 2. The molecule has 0 aliphatic rings. The van der Waals surface area contributed by atoms with Crippen LogP contribution in [0.25, 0.3) is 27.7 Å². The van der Waals surface area contributed by atoms with Gasteiger partial charge in [0.1, 0.15) is 12.0 Å². The van der Waals surface area contributed by atoms with Gasteiger partial charge < -0.3 is 9.63 Å². The molecule has 0 saturated heterocycles. The molecule has 0 fully saturated rings. The van der Waals surface area contributed by atoms with E-state index in [1.165, 1.54) is 17.1 Å². The van der Waals surface area contributed by atoms with Crippen molar-refractivity contribution in [1.82, 2.24) is 14.9 Å². The Morgan fingerprint density at radius 1 is 1.19 bits per heavy atom. The van der Waals surface area contributed by atoms with Gasteiger partial charge in [-0.25, -0.2) is 13.9 Å². The van der Waals surface area contributed by atoms with Gasteiger partial charge in [-0.15, -0.1) is 0 Å². The third-order valence-electron chi connectivity index (χ3n) is 4.60. The first-order valence-electron chi connectivity index (χ1n) is 7.89. The van der Waals surface area contributed by atoms with Gasteiger partial charge in [-0.05, 0) is 31.0 Å². The molecule has 0 spiro atoms. The Morgan fingerprint density at radius 2 is 1.96 bits per heavy atom. The van der Waals surface area contributed by atoms with Crippen LogP contribution >= 0.6 is 0 Å². The largest absolute Gasteiger partial charge is 0.478 e. The summed E-state index contributed by atoms with van der Waals surface area (Å²) in [5, 5.41) is 18.4. The van der Waals surface area contributed by atoms with Crippen LogP contribution in [0.15, 0.2) is 47.4 Å². The van der Waals surface area contributed by atoms with Gasteiger partial charge in [0.15, 0.2) is 5.82 Å². The second-order valence-electron chi connectivity index (χ2n) is 6.00. The number of hydrogen-bond donors (Lipinski definition) is 1. The molecule has 7 heteroatoms. The summed E-state index contributed by atoms with van der Waals surface area (Å²) in [6, 6.07) is 7.23. The van der Waals surface area contributed by atoms with Gasteiger partial charge in [0.25, 0.3) is 0 Å². The summed E-state index contributed by atoms with van der Waals surface area (Å²) in [6.45, 7) is 3.34. The number of fused-ring (bicyclic) bond motifs is 1. The highest BCUT2D eigenvalue weighted by atomic mass is 19.1. The summed E-state index contributed by atoms with van der Waals surface area (Å²) >= 11 is 0. The van der Waals surface area contributed by atoms with Crippen LogP contribution < -0.4 is 0 Å². The van der Waals surface area contributed by atoms with Crippen LogP contribution in [0, 0.1) is 19.7 Å². The maximum atomic E-state index is 15.6. The van der Waals surface area contributed by atoms with E-state index in [1.54, 1.807) is 32.2 Å². The minimum atomic E-state index is -1.21. The van der Waals surface area contributed by atoms with E-state index in [2.05, 4.69) is 10.3 Å². The summed E-state index contributed by atoms with van der Waals surface area (Å²) in [5.74, 6) is -1.89. The van der Waals surface area contributed by atoms with Crippen molar-refractivity contribution >= 4 is 16.9 Å². The van der Waals surface area contributed by atoms with Crippen LogP contribution in [0.3, 0.4) is 0 Å². The minimum absolute atomic E-state index is 0.0991. The number of carboxylic acid groups (broad SMARTS) is 1. The van der Waals surface area contributed by atoms with Crippen molar-refractivity contribution in [3.8, 4) is 16.8 Å². The van der Waals surface area contributed by atoms with E-state index in [-0.39, 0.29) is 16.8 Å². The zero-order valence-corrected chi connectivity index (χ0v) is 14.0. The number of carbonyl (C=O) groups is 1. The smallest absolute Gasteiger partial charge is 0.338 e. The number of para-hydroxylation sites is 1. The molecular weight excluding hydrogens is 337 g/mol. The fraction of sp³-hybridized carbons (Fsp3) is 0.105. The van der Waals surface area contributed by atoms with Crippen LogP contribution in [0.2, 0.25) is 0 Å². The highest BCUT2D eigenvalue weighted by Gasteiger charge is 2.27. The number of carboxylic acids is 1. The summed E-state index contributed by atoms with van der Waals surface area (Å²) in [7, 11) is 0. The normalized spacial score (nSPS) is 11.2. The molecule has 0 bridgehead atoms. The zero-order chi connectivity index (χ0) is 18.4. The molecule has 0 radical (unpaired) electrons. The van der Waals surface area contributed by atoms with Gasteiger partial charge in [0.2, 0.25) is 0 Å². The van der Waals surface area contributed by atoms with Crippen molar-refractivity contribution < 1.29 is 18.8 Å². The molecule has 0 amide bonds. The average molecular weight is 351 g/mol. The molecule has 130 valence electrons. The maximum Gasteiger partial charge on any atom is 0.338 e. The van der Waals surface area contributed by atoms with Crippen molar-refractivity contribution in [3.63, 3.8) is 0 Å². The molecule has 1 N–H and O–H groups in total. The molecule has 0 aliphatic carbocycles. The van der Waals surface area contributed by atoms with Crippen molar-refractivity contribution in [2.45, 2.75) is 13.8 Å². The Bertz CT molecular complexity index is 1150. The number of aromatic nitrogens is 3. The van der Waals surface area contributed by atoms with Gasteiger partial charge in [0.05, 0.1) is 23.5 Å². The summed E-state index contributed by atoms with van der Waals surface area (Å²) in [5.41, 5.74) is 2.08. The molecule has 0 unspecified atom stereocenters. The minimum Gasteiger partial charge on any atom is -0.478 e. The Labute approximate surface area is 147 Å². The fourth-order valence-corrected chi connectivity index (χ4v) is 3.23. The van der Waals surface area contributed by atoms with Gasteiger partial charge in [0, 0.05) is 16.5 Å². The number of nitrogens with zero attached hydrogens (tertiary/aromatic N) is 3. The van der Waals surface area contributed by atoms with E-state index in [1.807, 2.05) is 12.1 Å². The Hall–Kier alpha value is -3.48. The van der Waals surface area contributed by atoms with E-state index in [0.717, 1.165) is 5.39 Å². The van der Waals surface area contributed by atoms with E-state index < -0.39 is 11.8 Å². The molecule has 2 heterocycles. The lowest BCUT2D eigenvalue weighted by Crippen LogP contribution is -2.14. The molecule has 26 heavy (non-hydrogen) atoms. The number of halogens is 1. The van der Waals surface area contributed by atoms with Gasteiger partial charge in [-0.3, -0.25) is 0 Å². The van der Waals surface area contributed by atoms with Gasteiger partial charge >= 0.3 is 5.97 Å². The number of hydrogen-bond acceptors (Lipinski definition) is 4. The van der Waals surface area contributed by atoms with Crippen LogP contribution in [-0.4, -0.2) is 26.0 Å².